The summed E-state index contributed by atoms with van der Waals surface area (Å²) < 4.78 is 34.1. The first-order valence-corrected chi connectivity index (χ1v) is 26.6. The molecule has 1 amide bonds. The zero-order valence-corrected chi connectivity index (χ0v) is 42.0. The Hall–Kier alpha value is -1.73. The quantitative estimate of drug-likeness (QED) is 0.0314. The molecule has 19 heteroatoms. The van der Waals surface area contributed by atoms with Crippen LogP contribution in [0.4, 0.5) is 0 Å². The molecular weight excluding hydrogens is 915 g/mol. The van der Waals surface area contributed by atoms with Crippen molar-refractivity contribution in [3.8, 4) is 0 Å². The van der Waals surface area contributed by atoms with Crippen molar-refractivity contribution in [3.63, 3.8) is 0 Å². The fourth-order valence-electron chi connectivity index (χ4n) is 9.01. The molecule has 0 aliphatic carbocycles. The number of hydrogen-bond acceptors (Lipinski definition) is 18. The van der Waals surface area contributed by atoms with Crippen LogP contribution in [0.3, 0.4) is 0 Å². The lowest BCUT2D eigenvalue weighted by molar-refractivity contribution is -0.379. The highest BCUT2D eigenvalue weighted by atomic mass is 16.8. The van der Waals surface area contributed by atoms with E-state index in [1.807, 2.05) is 6.08 Å². The normalized spacial score (nSPS) is 32.7. The van der Waals surface area contributed by atoms with Crippen LogP contribution in [-0.2, 0) is 33.2 Å². The Morgan fingerprint density at radius 2 is 0.900 bits per heavy atom. The summed E-state index contributed by atoms with van der Waals surface area (Å²) in [6, 6.07) is -0.972. The zero-order valence-electron chi connectivity index (χ0n) is 42.0. The fourth-order valence-corrected chi connectivity index (χ4v) is 9.01. The molecule has 12 N–H and O–H groups in total. The van der Waals surface area contributed by atoms with Gasteiger partial charge >= 0.3 is 0 Å². The van der Waals surface area contributed by atoms with Crippen LogP contribution in [0.5, 0.6) is 0 Å². The van der Waals surface area contributed by atoms with Gasteiger partial charge in [0, 0.05) is 6.42 Å². The van der Waals surface area contributed by atoms with Gasteiger partial charge in [-0.1, -0.05) is 134 Å². The Kier molecular flexibility index (Phi) is 32.4. The van der Waals surface area contributed by atoms with Crippen molar-refractivity contribution < 1.29 is 89.4 Å². The zero-order chi connectivity index (χ0) is 51.3. The van der Waals surface area contributed by atoms with E-state index < -0.39 is 124 Å². The number of nitrogens with one attached hydrogen (secondary N) is 1. The molecule has 0 aromatic rings. The molecule has 0 radical (unpaired) electrons. The number of aliphatic hydroxyl groups excluding tert-OH is 11. The Morgan fingerprint density at radius 3 is 1.40 bits per heavy atom. The minimum Gasteiger partial charge on any atom is -0.394 e. The molecule has 410 valence electrons. The lowest BCUT2D eigenvalue weighted by Crippen LogP contribution is -2.66. The van der Waals surface area contributed by atoms with E-state index in [4.69, 9.17) is 28.4 Å². The van der Waals surface area contributed by atoms with Gasteiger partial charge in [-0.15, -0.1) is 0 Å². The molecule has 17 atom stereocenters. The number of amides is 1. The van der Waals surface area contributed by atoms with Gasteiger partial charge in [-0.3, -0.25) is 4.79 Å². The van der Waals surface area contributed by atoms with Crippen molar-refractivity contribution in [3.05, 3.63) is 24.3 Å². The van der Waals surface area contributed by atoms with E-state index in [2.05, 4.69) is 31.3 Å². The van der Waals surface area contributed by atoms with E-state index in [9.17, 15) is 61.0 Å². The average molecular weight is 1010 g/mol. The Labute approximate surface area is 416 Å². The Morgan fingerprint density at radius 1 is 0.500 bits per heavy atom. The third-order valence-electron chi connectivity index (χ3n) is 13.5. The van der Waals surface area contributed by atoms with Crippen LogP contribution in [0.15, 0.2) is 24.3 Å². The van der Waals surface area contributed by atoms with E-state index in [0.29, 0.717) is 6.42 Å². The molecule has 17 unspecified atom stereocenters. The van der Waals surface area contributed by atoms with Crippen LogP contribution in [0.25, 0.3) is 0 Å². The first-order chi connectivity index (χ1) is 33.8. The fraction of sp³-hybridized carbons (Fsp3) is 0.902. The molecule has 3 aliphatic rings. The molecule has 3 saturated heterocycles. The van der Waals surface area contributed by atoms with Crippen molar-refractivity contribution in [1.82, 2.24) is 5.32 Å². The molecule has 0 spiro atoms. The number of ether oxygens (including phenoxy) is 6. The van der Waals surface area contributed by atoms with Crippen molar-refractivity contribution in [2.45, 2.75) is 266 Å². The van der Waals surface area contributed by atoms with Gasteiger partial charge in [0.1, 0.15) is 73.2 Å². The summed E-state index contributed by atoms with van der Waals surface area (Å²) in [5.41, 5.74) is 0. The van der Waals surface area contributed by atoms with E-state index in [0.717, 1.165) is 64.2 Å². The third kappa shape index (κ3) is 21.6. The maximum absolute atomic E-state index is 13.2. The molecular formula is C51H93NO18. The minimum atomic E-state index is -1.98. The summed E-state index contributed by atoms with van der Waals surface area (Å²) in [7, 11) is 0. The van der Waals surface area contributed by atoms with Crippen molar-refractivity contribution in [1.29, 1.82) is 0 Å². The molecule has 0 aromatic carbocycles. The van der Waals surface area contributed by atoms with Gasteiger partial charge in [-0.2, -0.15) is 0 Å². The second kappa shape index (κ2) is 36.3. The number of rotatable bonds is 37. The molecule has 0 saturated carbocycles. The Bertz CT molecular complexity index is 1390. The lowest BCUT2D eigenvalue weighted by atomic mass is 9.96. The number of carbonyl (C=O) groups excluding carboxylic acids is 1. The maximum Gasteiger partial charge on any atom is 0.220 e. The molecule has 0 aromatic heterocycles. The number of carbonyl (C=O) groups is 1. The first kappa shape index (κ1) is 62.6. The predicted octanol–water partition coefficient (Wildman–Crippen LogP) is 2.42. The molecule has 3 aliphatic heterocycles. The summed E-state index contributed by atoms with van der Waals surface area (Å²) >= 11 is 0. The first-order valence-electron chi connectivity index (χ1n) is 26.6. The van der Waals surface area contributed by atoms with E-state index in [-0.39, 0.29) is 18.9 Å². The van der Waals surface area contributed by atoms with Crippen LogP contribution in [-0.4, -0.2) is 193 Å². The van der Waals surface area contributed by atoms with Gasteiger partial charge in [0.2, 0.25) is 5.91 Å². The second-order valence-corrected chi connectivity index (χ2v) is 19.3. The highest BCUT2D eigenvalue weighted by molar-refractivity contribution is 5.76. The van der Waals surface area contributed by atoms with Crippen LogP contribution in [0, 0.1) is 0 Å². The Balaban J connectivity index is 1.56. The van der Waals surface area contributed by atoms with Crippen molar-refractivity contribution in [2.75, 3.05) is 26.4 Å². The van der Waals surface area contributed by atoms with Gasteiger partial charge < -0.3 is 89.9 Å². The summed E-state index contributed by atoms with van der Waals surface area (Å²) in [4.78, 5) is 13.2. The van der Waals surface area contributed by atoms with Crippen LogP contribution in [0.2, 0.25) is 0 Å². The van der Waals surface area contributed by atoms with Gasteiger partial charge in [0.25, 0.3) is 0 Å². The van der Waals surface area contributed by atoms with Crippen LogP contribution < -0.4 is 5.32 Å². The van der Waals surface area contributed by atoms with E-state index in [1.165, 1.54) is 70.6 Å². The summed E-state index contributed by atoms with van der Waals surface area (Å²) in [6.45, 7) is 1.65. The largest absolute Gasteiger partial charge is 0.394 e. The smallest absolute Gasteiger partial charge is 0.220 e. The average Bonchev–Trinajstić information content (AvgIpc) is 3.35. The molecule has 3 heterocycles. The molecule has 19 nitrogen and oxygen atoms in total. The summed E-state index contributed by atoms with van der Waals surface area (Å²) in [5, 5.41) is 120. The second-order valence-electron chi connectivity index (χ2n) is 19.3. The van der Waals surface area contributed by atoms with Gasteiger partial charge in [0.15, 0.2) is 18.9 Å². The molecule has 3 rings (SSSR count). The summed E-state index contributed by atoms with van der Waals surface area (Å²) in [6.07, 6.45) is 6.06. The minimum absolute atomic E-state index is 0.234. The van der Waals surface area contributed by atoms with Crippen LogP contribution in [0.1, 0.15) is 162 Å². The predicted molar refractivity (Wildman–Crippen MR) is 259 cm³/mol. The number of unbranched alkanes of at least 4 members (excludes halogenated alkanes) is 19. The van der Waals surface area contributed by atoms with Gasteiger partial charge in [-0.25, -0.2) is 0 Å². The monoisotopic (exact) mass is 1010 g/mol. The van der Waals surface area contributed by atoms with Gasteiger partial charge in [-0.05, 0) is 44.9 Å². The maximum atomic E-state index is 13.2. The molecule has 70 heavy (non-hydrogen) atoms. The van der Waals surface area contributed by atoms with E-state index >= 15 is 0 Å². The number of hydrogen-bond donors (Lipinski definition) is 12. The number of aliphatic hydroxyl groups is 11. The van der Waals surface area contributed by atoms with Gasteiger partial charge in [0.05, 0.1) is 38.6 Å². The van der Waals surface area contributed by atoms with E-state index in [1.54, 1.807) is 6.08 Å². The topological polar surface area (TPSA) is 307 Å². The lowest BCUT2D eigenvalue weighted by Gasteiger charge is -2.48. The standard InChI is InChI=1S/C51H93NO18/c1-3-5-7-9-11-13-15-17-19-21-23-25-27-29-39(57)52-34(35(56)28-26-24-22-20-18-16-14-12-10-8-6-4-2)33-65-49-45(63)42(60)47(37(31-54)67-49)70-51-46(64)43(61)48(38(32-55)68-51)69-50-44(62)41(59)40(58)36(30-53)66-50/h13,15,26,28,34-38,40-51,53-56,58-64H,3-12,14,16-25,27,29-33H2,1-2H3,(H,52,57)/b15-13-,28-26+. The van der Waals surface area contributed by atoms with Crippen molar-refractivity contribution in [2.24, 2.45) is 0 Å². The number of allylic oxidation sites excluding steroid dienone is 3. The van der Waals surface area contributed by atoms with Crippen molar-refractivity contribution >= 4 is 5.91 Å². The molecule has 0 bridgehead atoms. The summed E-state index contributed by atoms with van der Waals surface area (Å²) in [5.74, 6) is -0.288. The third-order valence-corrected chi connectivity index (χ3v) is 13.5. The van der Waals surface area contributed by atoms with Crippen LogP contribution >= 0.6 is 0 Å². The highest BCUT2D eigenvalue weighted by Gasteiger charge is 2.53. The highest BCUT2D eigenvalue weighted by Crippen LogP contribution is 2.33. The molecule has 3 fully saturated rings. The SMILES string of the molecule is CCCCCC/C=C\CCCCCCCC(=O)NC(COC1OC(CO)C(OC2OC(CO)C(OC3OC(CO)C(O)C(O)C3O)C(O)C2O)C(O)C1O)C(O)/C=C/CCCCCCCCCCCC.